The molecule has 0 radical (unpaired) electrons. The molecule has 1 aromatic heterocycles. The van der Waals surface area contributed by atoms with Gasteiger partial charge >= 0.3 is 6.36 Å². The van der Waals surface area contributed by atoms with Crippen LogP contribution < -0.4 is 15.4 Å². The summed E-state index contributed by atoms with van der Waals surface area (Å²) in [6.07, 6.45) is 2.51. The number of carbonyl (C=O) groups excluding carboxylic acids is 2. The van der Waals surface area contributed by atoms with Crippen molar-refractivity contribution >= 4 is 22.7 Å². The quantitative estimate of drug-likeness (QED) is 0.571. The predicted molar refractivity (Wildman–Crippen MR) is 125 cm³/mol. The molecule has 35 heavy (non-hydrogen) atoms. The van der Waals surface area contributed by atoms with Gasteiger partial charge in [0, 0.05) is 18.0 Å². The molecule has 2 aliphatic rings. The first-order valence-electron chi connectivity index (χ1n) is 12.3. The van der Waals surface area contributed by atoms with Gasteiger partial charge in [-0.1, -0.05) is 40.0 Å². The number of rotatable bonds is 7. The molecular weight excluding hydrogens is 461 g/mol. The van der Waals surface area contributed by atoms with Crippen molar-refractivity contribution in [3.8, 4) is 5.75 Å². The van der Waals surface area contributed by atoms with Crippen molar-refractivity contribution in [2.75, 3.05) is 0 Å². The van der Waals surface area contributed by atoms with E-state index in [2.05, 4.69) is 20.5 Å². The van der Waals surface area contributed by atoms with E-state index in [0.717, 1.165) is 38.5 Å². The molecule has 2 amide bonds. The van der Waals surface area contributed by atoms with Gasteiger partial charge in [-0.15, -0.1) is 13.2 Å². The number of aromatic nitrogens is 2. The lowest BCUT2D eigenvalue weighted by atomic mass is 9.86. The number of nitrogens with one attached hydrogen (secondary N) is 2. The average Bonchev–Trinajstić information content (AvgIpc) is 3.50. The molecule has 7 nitrogen and oxygen atoms in total. The van der Waals surface area contributed by atoms with Crippen molar-refractivity contribution in [1.82, 2.24) is 20.4 Å². The molecule has 0 spiro atoms. The largest absolute Gasteiger partial charge is 0.573 e. The van der Waals surface area contributed by atoms with Gasteiger partial charge in [-0.3, -0.25) is 14.3 Å². The van der Waals surface area contributed by atoms with Gasteiger partial charge < -0.3 is 15.4 Å². The smallest absolute Gasteiger partial charge is 0.406 e. The van der Waals surface area contributed by atoms with Gasteiger partial charge in [0.05, 0.1) is 5.52 Å². The van der Waals surface area contributed by atoms with Crippen molar-refractivity contribution in [3.05, 3.63) is 23.9 Å². The second-order valence-electron chi connectivity index (χ2n) is 10.8. The maximum atomic E-state index is 13.4. The standard InChI is InChI=1S/C25H33F3N4O3/c1-24(2,3)21(23(34)29-16-9-10-16)30-22(33)20-18-13-17(35-25(26,27)28)11-12-19(18)32(31-20)14-15-7-5-4-6-8-15/h11-13,15-16,21H,4-10,14H2,1-3H3,(H,29,34)(H,30,33). The molecular formula is C25H33F3N4O3. The summed E-state index contributed by atoms with van der Waals surface area (Å²) >= 11 is 0. The second-order valence-corrected chi connectivity index (χ2v) is 10.8. The van der Waals surface area contributed by atoms with Gasteiger partial charge in [0.15, 0.2) is 5.69 Å². The van der Waals surface area contributed by atoms with Crippen LogP contribution in [-0.2, 0) is 11.3 Å². The summed E-state index contributed by atoms with van der Waals surface area (Å²) < 4.78 is 44.3. The molecule has 1 heterocycles. The Morgan fingerprint density at radius 1 is 1.11 bits per heavy atom. The van der Waals surface area contributed by atoms with Gasteiger partial charge in [-0.2, -0.15) is 5.10 Å². The van der Waals surface area contributed by atoms with Crippen molar-refractivity contribution < 1.29 is 27.5 Å². The molecule has 2 N–H and O–H groups in total. The predicted octanol–water partition coefficient (Wildman–Crippen LogP) is 4.94. The molecule has 1 atom stereocenters. The molecule has 2 aromatic rings. The molecule has 192 valence electrons. The van der Waals surface area contributed by atoms with Gasteiger partial charge in [0.2, 0.25) is 5.91 Å². The zero-order valence-electron chi connectivity index (χ0n) is 20.4. The first-order valence-corrected chi connectivity index (χ1v) is 12.3. The maximum Gasteiger partial charge on any atom is 0.573 e. The summed E-state index contributed by atoms with van der Waals surface area (Å²) in [5.74, 6) is -0.913. The number of amides is 2. The molecule has 2 aliphatic carbocycles. The molecule has 0 aliphatic heterocycles. The average molecular weight is 495 g/mol. The van der Waals surface area contributed by atoms with E-state index >= 15 is 0 Å². The highest BCUT2D eigenvalue weighted by atomic mass is 19.4. The van der Waals surface area contributed by atoms with E-state index in [4.69, 9.17) is 0 Å². The van der Waals surface area contributed by atoms with Crippen LogP contribution in [0.25, 0.3) is 10.9 Å². The lowest BCUT2D eigenvalue weighted by Gasteiger charge is -2.30. The van der Waals surface area contributed by atoms with Gasteiger partial charge in [-0.25, -0.2) is 0 Å². The number of fused-ring (bicyclic) bond motifs is 1. The van der Waals surface area contributed by atoms with Crippen LogP contribution >= 0.6 is 0 Å². The van der Waals surface area contributed by atoms with Crippen LogP contribution in [-0.4, -0.2) is 40.0 Å². The Morgan fingerprint density at radius 3 is 2.40 bits per heavy atom. The highest BCUT2D eigenvalue weighted by Gasteiger charge is 2.37. The normalized spacial score (nSPS) is 18.3. The third-order valence-corrected chi connectivity index (χ3v) is 6.65. The Hall–Kier alpha value is -2.78. The van der Waals surface area contributed by atoms with E-state index in [1.807, 2.05) is 20.8 Å². The summed E-state index contributed by atoms with van der Waals surface area (Å²) in [6, 6.07) is 3.23. The Morgan fingerprint density at radius 2 is 1.80 bits per heavy atom. The van der Waals surface area contributed by atoms with Crippen molar-refractivity contribution in [2.45, 2.75) is 90.7 Å². The topological polar surface area (TPSA) is 85.2 Å². The zero-order chi connectivity index (χ0) is 25.4. The fourth-order valence-electron chi connectivity index (χ4n) is 4.66. The molecule has 0 bridgehead atoms. The lowest BCUT2D eigenvalue weighted by Crippen LogP contribution is -2.54. The summed E-state index contributed by atoms with van der Waals surface area (Å²) in [7, 11) is 0. The Bertz CT molecular complexity index is 1080. The summed E-state index contributed by atoms with van der Waals surface area (Å²) in [6.45, 7) is 6.12. The number of hydrogen-bond acceptors (Lipinski definition) is 4. The van der Waals surface area contributed by atoms with E-state index in [0.29, 0.717) is 18.0 Å². The van der Waals surface area contributed by atoms with Gasteiger partial charge in [0.1, 0.15) is 11.8 Å². The molecule has 0 saturated heterocycles. The highest BCUT2D eigenvalue weighted by Crippen LogP contribution is 2.31. The van der Waals surface area contributed by atoms with Crippen molar-refractivity contribution in [2.24, 2.45) is 11.3 Å². The molecule has 10 heteroatoms. The summed E-state index contributed by atoms with van der Waals surface area (Å²) in [5, 5.41) is 10.5. The van der Waals surface area contributed by atoms with Gasteiger partial charge in [-0.05, 0) is 55.2 Å². The van der Waals surface area contributed by atoms with E-state index in [9.17, 15) is 22.8 Å². The number of carbonyl (C=O) groups is 2. The molecule has 1 unspecified atom stereocenters. The third-order valence-electron chi connectivity index (χ3n) is 6.65. The number of halogens is 3. The molecule has 4 rings (SSSR count). The highest BCUT2D eigenvalue weighted by molar-refractivity contribution is 6.06. The second kappa shape index (κ2) is 9.70. The van der Waals surface area contributed by atoms with E-state index < -0.39 is 29.5 Å². The first kappa shape index (κ1) is 25.3. The minimum atomic E-state index is -4.85. The van der Waals surface area contributed by atoms with Crippen LogP contribution in [0.4, 0.5) is 13.2 Å². The zero-order valence-corrected chi connectivity index (χ0v) is 20.4. The molecule has 1 aromatic carbocycles. The van der Waals surface area contributed by atoms with Crippen molar-refractivity contribution in [3.63, 3.8) is 0 Å². The number of alkyl halides is 3. The van der Waals surface area contributed by atoms with Crippen LogP contribution in [0.3, 0.4) is 0 Å². The van der Waals surface area contributed by atoms with Crippen LogP contribution in [0.2, 0.25) is 0 Å². The SMILES string of the molecule is CC(C)(C)C(NC(=O)c1nn(CC2CCCCC2)c2ccc(OC(F)(F)F)cc12)C(=O)NC1CC1. The first-order chi connectivity index (χ1) is 16.4. The lowest BCUT2D eigenvalue weighted by molar-refractivity contribution is -0.274. The minimum absolute atomic E-state index is 0.0168. The maximum absolute atomic E-state index is 13.4. The van der Waals surface area contributed by atoms with Crippen LogP contribution in [0.5, 0.6) is 5.75 Å². The van der Waals surface area contributed by atoms with E-state index in [1.54, 1.807) is 4.68 Å². The fraction of sp³-hybridized carbons (Fsp3) is 0.640. The van der Waals surface area contributed by atoms with Crippen molar-refractivity contribution in [1.29, 1.82) is 0 Å². The van der Waals surface area contributed by atoms with Crippen LogP contribution in [0.1, 0.15) is 76.2 Å². The number of nitrogens with zero attached hydrogens (tertiary/aromatic N) is 2. The Balaban J connectivity index is 1.66. The van der Waals surface area contributed by atoms with Crippen LogP contribution in [0.15, 0.2) is 18.2 Å². The minimum Gasteiger partial charge on any atom is -0.406 e. The molecule has 2 saturated carbocycles. The Kier molecular flexibility index (Phi) is 7.02. The number of benzene rings is 1. The monoisotopic (exact) mass is 494 g/mol. The van der Waals surface area contributed by atoms with E-state index in [1.165, 1.54) is 24.6 Å². The number of ether oxygens (including phenoxy) is 1. The third kappa shape index (κ3) is 6.46. The Labute approximate surface area is 202 Å². The summed E-state index contributed by atoms with van der Waals surface area (Å²) in [5.41, 5.74) is -0.0403. The summed E-state index contributed by atoms with van der Waals surface area (Å²) in [4.78, 5) is 26.2. The number of hydrogen-bond donors (Lipinski definition) is 2. The molecule has 2 fully saturated rings. The van der Waals surface area contributed by atoms with E-state index in [-0.39, 0.29) is 23.0 Å². The van der Waals surface area contributed by atoms with Crippen LogP contribution in [0, 0.1) is 11.3 Å². The van der Waals surface area contributed by atoms with Gasteiger partial charge in [0.25, 0.3) is 5.91 Å². The fourth-order valence-corrected chi connectivity index (χ4v) is 4.66.